The lowest BCUT2D eigenvalue weighted by atomic mass is 10.4. The first-order valence-corrected chi connectivity index (χ1v) is 5.06. The second-order valence-corrected chi connectivity index (χ2v) is 3.86. The Labute approximate surface area is 85.0 Å². The molecule has 0 aliphatic heterocycles. The normalized spacial score (nSPS) is 13.1. The van der Waals surface area contributed by atoms with E-state index in [0.717, 1.165) is 10.6 Å². The van der Waals surface area contributed by atoms with E-state index in [1.165, 1.54) is 11.3 Å². The maximum absolute atomic E-state index is 5.61. The molecular formula is C8H10N4OS. The molecule has 14 heavy (non-hydrogen) atoms. The number of thiazole rings is 1. The second-order valence-electron chi connectivity index (χ2n) is 3.00. The van der Waals surface area contributed by atoms with Crippen molar-refractivity contribution in [2.75, 3.05) is 0 Å². The van der Waals surface area contributed by atoms with Crippen molar-refractivity contribution >= 4 is 11.3 Å². The average molecular weight is 210 g/mol. The van der Waals surface area contributed by atoms with Crippen molar-refractivity contribution in [1.82, 2.24) is 15.2 Å². The van der Waals surface area contributed by atoms with Crippen LogP contribution in [0.2, 0.25) is 0 Å². The number of aromatic nitrogens is 3. The van der Waals surface area contributed by atoms with Gasteiger partial charge in [0.25, 0.3) is 5.89 Å². The molecular weight excluding hydrogens is 200 g/mol. The Bertz CT molecular complexity index is 434. The van der Waals surface area contributed by atoms with Crippen LogP contribution in [0.4, 0.5) is 0 Å². The predicted octanol–water partition coefficient (Wildman–Crippen LogP) is 1.52. The van der Waals surface area contributed by atoms with Gasteiger partial charge in [0.1, 0.15) is 4.88 Å². The molecule has 0 fully saturated rings. The average Bonchev–Trinajstić information content (AvgIpc) is 2.71. The summed E-state index contributed by atoms with van der Waals surface area (Å²) in [5.74, 6) is 0.949. The highest BCUT2D eigenvalue weighted by Crippen LogP contribution is 2.26. The van der Waals surface area contributed by atoms with Crippen molar-refractivity contribution < 1.29 is 4.42 Å². The molecule has 2 aromatic heterocycles. The Morgan fingerprint density at radius 3 is 2.79 bits per heavy atom. The summed E-state index contributed by atoms with van der Waals surface area (Å²) in [6.45, 7) is 3.71. The summed E-state index contributed by atoms with van der Waals surface area (Å²) in [5.41, 5.74) is 8.26. The van der Waals surface area contributed by atoms with Crippen LogP contribution in [-0.2, 0) is 0 Å². The zero-order valence-corrected chi connectivity index (χ0v) is 8.71. The van der Waals surface area contributed by atoms with Crippen LogP contribution >= 0.6 is 11.3 Å². The van der Waals surface area contributed by atoms with Gasteiger partial charge in [0.2, 0.25) is 5.89 Å². The Morgan fingerprint density at radius 1 is 1.50 bits per heavy atom. The molecule has 1 atom stereocenters. The molecule has 2 aromatic rings. The lowest BCUT2D eigenvalue weighted by Gasteiger charge is -1.94. The fraction of sp³-hybridized carbons (Fsp3) is 0.375. The van der Waals surface area contributed by atoms with Crippen LogP contribution in [0, 0.1) is 6.92 Å². The van der Waals surface area contributed by atoms with Gasteiger partial charge in [-0.2, -0.15) is 0 Å². The van der Waals surface area contributed by atoms with E-state index in [4.69, 9.17) is 10.2 Å². The molecule has 0 amide bonds. The SMILES string of the molecule is Cc1ncsc1-c1nnc(C(C)N)o1. The van der Waals surface area contributed by atoms with Gasteiger partial charge in [0.15, 0.2) is 0 Å². The van der Waals surface area contributed by atoms with Crippen molar-refractivity contribution in [2.45, 2.75) is 19.9 Å². The van der Waals surface area contributed by atoms with E-state index in [-0.39, 0.29) is 6.04 Å². The van der Waals surface area contributed by atoms with Crippen LogP contribution in [0.25, 0.3) is 10.8 Å². The van der Waals surface area contributed by atoms with Crippen LogP contribution in [-0.4, -0.2) is 15.2 Å². The molecule has 0 aromatic carbocycles. The number of hydrogen-bond acceptors (Lipinski definition) is 6. The highest BCUT2D eigenvalue weighted by atomic mass is 32.1. The zero-order chi connectivity index (χ0) is 10.1. The van der Waals surface area contributed by atoms with Crippen molar-refractivity contribution in [2.24, 2.45) is 5.73 Å². The maximum atomic E-state index is 5.61. The van der Waals surface area contributed by atoms with Gasteiger partial charge in [-0.25, -0.2) is 4.98 Å². The van der Waals surface area contributed by atoms with Crippen LogP contribution < -0.4 is 5.73 Å². The van der Waals surface area contributed by atoms with E-state index >= 15 is 0 Å². The highest BCUT2D eigenvalue weighted by molar-refractivity contribution is 7.13. The van der Waals surface area contributed by atoms with E-state index in [9.17, 15) is 0 Å². The number of aryl methyl sites for hydroxylation is 1. The minimum Gasteiger partial charge on any atom is -0.418 e. The Hall–Kier alpha value is -1.27. The molecule has 2 heterocycles. The maximum Gasteiger partial charge on any atom is 0.259 e. The van der Waals surface area contributed by atoms with Crippen LogP contribution in [0.15, 0.2) is 9.93 Å². The second kappa shape index (κ2) is 3.47. The van der Waals surface area contributed by atoms with Crippen LogP contribution in [0.1, 0.15) is 24.6 Å². The molecule has 0 aliphatic rings. The lowest BCUT2D eigenvalue weighted by molar-refractivity contribution is 0.474. The predicted molar refractivity (Wildman–Crippen MR) is 52.7 cm³/mol. The van der Waals surface area contributed by atoms with Crippen LogP contribution in [0.5, 0.6) is 0 Å². The van der Waals surface area contributed by atoms with Gasteiger partial charge in [0, 0.05) is 0 Å². The fourth-order valence-electron chi connectivity index (χ4n) is 1.02. The molecule has 2 rings (SSSR count). The molecule has 0 bridgehead atoms. The molecule has 0 saturated heterocycles. The Morgan fingerprint density at radius 2 is 2.29 bits per heavy atom. The van der Waals surface area contributed by atoms with Gasteiger partial charge in [-0.05, 0) is 13.8 Å². The molecule has 0 saturated carbocycles. The summed E-state index contributed by atoms with van der Waals surface area (Å²) in [6, 6.07) is -0.232. The molecule has 6 heteroatoms. The third-order valence-corrected chi connectivity index (χ3v) is 2.69. The lowest BCUT2D eigenvalue weighted by Crippen LogP contribution is -2.04. The molecule has 5 nitrogen and oxygen atoms in total. The molecule has 74 valence electrons. The monoisotopic (exact) mass is 210 g/mol. The van der Waals surface area contributed by atoms with Crippen molar-refractivity contribution in [3.8, 4) is 10.8 Å². The number of rotatable bonds is 2. The summed E-state index contributed by atoms with van der Waals surface area (Å²) in [4.78, 5) is 5.01. The smallest absolute Gasteiger partial charge is 0.259 e. The van der Waals surface area contributed by atoms with E-state index in [1.807, 2.05) is 6.92 Å². The molecule has 0 radical (unpaired) electrons. The quantitative estimate of drug-likeness (QED) is 0.813. The van der Waals surface area contributed by atoms with E-state index in [1.54, 1.807) is 12.4 Å². The molecule has 0 spiro atoms. The topological polar surface area (TPSA) is 77.8 Å². The van der Waals surface area contributed by atoms with Gasteiger partial charge in [0.05, 0.1) is 17.2 Å². The minimum atomic E-state index is -0.232. The van der Waals surface area contributed by atoms with Gasteiger partial charge in [-0.1, -0.05) is 0 Å². The standard InChI is InChI=1S/C8H10N4OS/c1-4(9)7-11-12-8(13-7)6-5(2)10-3-14-6/h3-4H,9H2,1-2H3. The van der Waals surface area contributed by atoms with Crippen molar-refractivity contribution in [1.29, 1.82) is 0 Å². The van der Waals surface area contributed by atoms with Gasteiger partial charge in [-0.3, -0.25) is 0 Å². The first kappa shape index (κ1) is 9.29. The molecule has 2 N–H and O–H groups in total. The summed E-state index contributed by atoms with van der Waals surface area (Å²) in [7, 11) is 0. The summed E-state index contributed by atoms with van der Waals surface area (Å²) in [6.07, 6.45) is 0. The number of nitrogens with zero attached hydrogens (tertiary/aromatic N) is 3. The van der Waals surface area contributed by atoms with Gasteiger partial charge < -0.3 is 10.2 Å². The summed E-state index contributed by atoms with van der Waals surface area (Å²) in [5, 5.41) is 7.76. The largest absolute Gasteiger partial charge is 0.418 e. The fourth-order valence-corrected chi connectivity index (χ4v) is 1.74. The van der Waals surface area contributed by atoms with E-state index in [0.29, 0.717) is 11.8 Å². The number of hydrogen-bond donors (Lipinski definition) is 1. The Balaban J connectivity index is 2.39. The van der Waals surface area contributed by atoms with Gasteiger partial charge >= 0.3 is 0 Å². The van der Waals surface area contributed by atoms with Gasteiger partial charge in [-0.15, -0.1) is 21.5 Å². The third-order valence-electron chi connectivity index (χ3n) is 1.77. The summed E-state index contributed by atoms with van der Waals surface area (Å²) < 4.78 is 5.39. The number of nitrogens with two attached hydrogens (primary N) is 1. The summed E-state index contributed by atoms with van der Waals surface area (Å²) >= 11 is 1.48. The van der Waals surface area contributed by atoms with Crippen molar-refractivity contribution in [3.05, 3.63) is 17.1 Å². The minimum absolute atomic E-state index is 0.232. The molecule has 1 unspecified atom stereocenters. The zero-order valence-electron chi connectivity index (χ0n) is 7.89. The first-order chi connectivity index (χ1) is 6.68. The van der Waals surface area contributed by atoms with Crippen molar-refractivity contribution in [3.63, 3.8) is 0 Å². The van der Waals surface area contributed by atoms with E-state index < -0.39 is 0 Å². The first-order valence-electron chi connectivity index (χ1n) is 4.18. The third kappa shape index (κ3) is 1.53. The molecule has 0 aliphatic carbocycles. The highest BCUT2D eigenvalue weighted by Gasteiger charge is 2.14. The van der Waals surface area contributed by atoms with E-state index in [2.05, 4.69) is 15.2 Å². The van der Waals surface area contributed by atoms with Crippen LogP contribution in [0.3, 0.4) is 0 Å². The Kier molecular flexibility index (Phi) is 2.30.